The summed E-state index contributed by atoms with van der Waals surface area (Å²) < 4.78 is 12.1. The van der Waals surface area contributed by atoms with Gasteiger partial charge in [0.1, 0.15) is 0 Å². The number of thiol groups is 1. The van der Waals surface area contributed by atoms with E-state index in [9.17, 15) is 0 Å². The van der Waals surface area contributed by atoms with E-state index in [1.807, 2.05) is 33.8 Å². The first-order valence-corrected chi connectivity index (χ1v) is 8.07. The number of nitrogens with zero attached hydrogens (tertiary/aromatic N) is 1. The molecule has 116 valence electrons. The van der Waals surface area contributed by atoms with Crippen LogP contribution in [-0.2, 0) is 9.31 Å². The van der Waals surface area contributed by atoms with Gasteiger partial charge in [-0.05, 0) is 56.9 Å². The van der Waals surface area contributed by atoms with Crippen LogP contribution in [-0.4, -0.2) is 24.1 Å². The fourth-order valence-electron chi connectivity index (χ4n) is 2.16. The number of nitriles is 1. The summed E-state index contributed by atoms with van der Waals surface area (Å²) in [6, 6.07) is 7.31. The Hall–Kier alpha value is -0.925. The Balaban J connectivity index is 2.34. The molecule has 2 rings (SSSR count). The second-order valence-electron chi connectivity index (χ2n) is 6.35. The first kappa shape index (κ1) is 17.4. The van der Waals surface area contributed by atoms with Crippen molar-refractivity contribution < 1.29 is 9.31 Å². The monoisotopic (exact) mass is 335 g/mol. The Kier molecular flexibility index (Phi) is 4.98. The average molecular weight is 336 g/mol. The summed E-state index contributed by atoms with van der Waals surface area (Å²) in [7, 11) is -0.452. The molecule has 0 bridgehead atoms. The average Bonchev–Trinajstić information content (AvgIpc) is 2.64. The maximum Gasteiger partial charge on any atom is 0.491 e. The molecular weight excluding hydrogens is 317 g/mol. The number of rotatable bonds is 3. The molecule has 1 aliphatic rings. The Morgan fingerprint density at radius 1 is 1.27 bits per heavy atom. The lowest BCUT2D eigenvalue weighted by molar-refractivity contribution is 0.00578. The van der Waals surface area contributed by atoms with Crippen LogP contribution in [0.5, 0.6) is 0 Å². The van der Waals surface area contributed by atoms with E-state index in [0.29, 0.717) is 16.3 Å². The highest BCUT2D eigenvalue weighted by atomic mass is 35.5. The van der Waals surface area contributed by atoms with Gasteiger partial charge in [-0.25, -0.2) is 0 Å². The zero-order valence-electron chi connectivity index (χ0n) is 13.2. The second kappa shape index (κ2) is 6.29. The molecule has 1 aromatic rings. The lowest BCUT2D eigenvalue weighted by atomic mass is 9.78. The van der Waals surface area contributed by atoms with Gasteiger partial charge in [0.25, 0.3) is 0 Å². The predicted octanol–water partition coefficient (Wildman–Crippen LogP) is 4.16. The first-order chi connectivity index (χ1) is 10.2. The van der Waals surface area contributed by atoms with E-state index in [4.69, 9.17) is 26.2 Å². The molecule has 0 N–H and O–H groups in total. The minimum absolute atomic E-state index is 0.397. The molecule has 0 radical (unpaired) electrons. The quantitative estimate of drug-likeness (QED) is 0.666. The van der Waals surface area contributed by atoms with Crippen LogP contribution < -0.4 is 0 Å². The van der Waals surface area contributed by atoms with E-state index in [-0.39, 0.29) is 0 Å². The van der Waals surface area contributed by atoms with Gasteiger partial charge in [-0.1, -0.05) is 17.7 Å². The van der Waals surface area contributed by atoms with Gasteiger partial charge in [-0.15, -0.1) is 0 Å². The van der Waals surface area contributed by atoms with Crippen molar-refractivity contribution in [2.75, 3.05) is 5.75 Å². The van der Waals surface area contributed by atoms with Gasteiger partial charge in [0.05, 0.1) is 22.8 Å². The molecule has 0 spiro atoms. The van der Waals surface area contributed by atoms with Crippen molar-refractivity contribution in [3.8, 4) is 6.07 Å². The predicted molar refractivity (Wildman–Crippen MR) is 94.1 cm³/mol. The highest BCUT2D eigenvalue weighted by Gasteiger charge is 2.52. The van der Waals surface area contributed by atoms with Crippen molar-refractivity contribution in [3.05, 3.63) is 39.8 Å². The van der Waals surface area contributed by atoms with Crippen LogP contribution in [0.25, 0.3) is 6.08 Å². The fourth-order valence-corrected chi connectivity index (χ4v) is 2.64. The van der Waals surface area contributed by atoms with Crippen molar-refractivity contribution in [1.29, 1.82) is 5.26 Å². The summed E-state index contributed by atoms with van der Waals surface area (Å²) in [5.41, 5.74) is 1.46. The molecular formula is C16H19BClNO2S. The summed E-state index contributed by atoms with van der Waals surface area (Å²) in [4.78, 5) is 0. The van der Waals surface area contributed by atoms with E-state index < -0.39 is 18.3 Å². The van der Waals surface area contributed by atoms with Crippen LogP contribution in [0, 0.1) is 11.3 Å². The van der Waals surface area contributed by atoms with Crippen molar-refractivity contribution in [1.82, 2.24) is 0 Å². The largest absolute Gasteiger partial charge is 0.491 e. The Bertz CT molecular complexity index is 636. The Labute approximate surface area is 142 Å². The van der Waals surface area contributed by atoms with Gasteiger partial charge in [-0.3, -0.25) is 0 Å². The molecule has 3 nitrogen and oxygen atoms in total. The van der Waals surface area contributed by atoms with E-state index in [2.05, 4.69) is 18.7 Å². The van der Waals surface area contributed by atoms with E-state index in [1.54, 1.807) is 18.2 Å². The molecule has 0 atom stereocenters. The van der Waals surface area contributed by atoms with Crippen LogP contribution in [0.2, 0.25) is 5.02 Å². The third kappa shape index (κ3) is 3.52. The normalized spacial score (nSPS) is 20.0. The molecule has 1 heterocycles. The third-order valence-corrected chi connectivity index (χ3v) is 4.72. The molecule has 0 amide bonds. The molecule has 1 fully saturated rings. The third-order valence-electron chi connectivity index (χ3n) is 4.14. The lowest BCUT2D eigenvalue weighted by Crippen LogP contribution is -2.41. The Morgan fingerprint density at radius 2 is 1.86 bits per heavy atom. The van der Waals surface area contributed by atoms with Gasteiger partial charge in [0.2, 0.25) is 0 Å². The van der Waals surface area contributed by atoms with Crippen LogP contribution >= 0.6 is 24.2 Å². The molecule has 6 heteroatoms. The van der Waals surface area contributed by atoms with E-state index in [1.165, 1.54) is 0 Å². The Morgan fingerprint density at radius 3 is 2.36 bits per heavy atom. The van der Waals surface area contributed by atoms with E-state index in [0.717, 1.165) is 11.0 Å². The summed E-state index contributed by atoms with van der Waals surface area (Å²) >= 11 is 10.4. The smallest absolute Gasteiger partial charge is 0.400 e. The molecule has 0 saturated carbocycles. The number of benzene rings is 1. The molecule has 1 saturated heterocycles. The van der Waals surface area contributed by atoms with Gasteiger partial charge >= 0.3 is 7.12 Å². The number of halogens is 1. The van der Waals surface area contributed by atoms with Crippen LogP contribution in [0.1, 0.15) is 38.8 Å². The van der Waals surface area contributed by atoms with Gasteiger partial charge < -0.3 is 9.31 Å². The summed E-state index contributed by atoms with van der Waals surface area (Å²) in [5.74, 6) is 0.491. The molecule has 0 aliphatic carbocycles. The van der Waals surface area contributed by atoms with Crippen LogP contribution in [0.3, 0.4) is 0 Å². The van der Waals surface area contributed by atoms with Crippen molar-refractivity contribution in [2.45, 2.75) is 38.9 Å². The highest BCUT2D eigenvalue weighted by Crippen LogP contribution is 2.39. The van der Waals surface area contributed by atoms with Gasteiger partial charge in [0.15, 0.2) is 0 Å². The maximum atomic E-state index is 9.03. The minimum Gasteiger partial charge on any atom is -0.400 e. The SMILES string of the molecule is CC1(C)OB(C(=Cc2cc(Cl)cc(C#N)c2)CS)OC1(C)C. The topological polar surface area (TPSA) is 42.2 Å². The number of hydrogen-bond donors (Lipinski definition) is 1. The fraction of sp³-hybridized carbons (Fsp3) is 0.438. The van der Waals surface area contributed by atoms with Gasteiger partial charge in [-0.2, -0.15) is 17.9 Å². The molecule has 0 unspecified atom stereocenters. The van der Waals surface area contributed by atoms with Crippen molar-refractivity contribution in [3.63, 3.8) is 0 Å². The molecule has 0 aromatic heterocycles. The zero-order valence-corrected chi connectivity index (χ0v) is 14.8. The lowest BCUT2D eigenvalue weighted by Gasteiger charge is -2.32. The van der Waals surface area contributed by atoms with E-state index >= 15 is 0 Å². The zero-order chi connectivity index (χ0) is 16.5. The summed E-state index contributed by atoms with van der Waals surface area (Å²) in [5, 5.41) is 9.56. The summed E-state index contributed by atoms with van der Waals surface area (Å²) in [6.07, 6.45) is 1.92. The molecule has 1 aliphatic heterocycles. The minimum atomic E-state index is -0.452. The van der Waals surface area contributed by atoms with Crippen molar-refractivity contribution in [2.24, 2.45) is 0 Å². The van der Waals surface area contributed by atoms with Gasteiger partial charge in [0, 0.05) is 10.8 Å². The standard InChI is InChI=1S/C16H19BClNO2S/c1-15(2)16(3,4)21-17(20-15)13(10-22)6-11-5-12(9-19)8-14(18)7-11/h5-8,22H,10H2,1-4H3. The maximum absolute atomic E-state index is 9.03. The van der Waals surface area contributed by atoms with Crippen LogP contribution in [0.15, 0.2) is 23.7 Å². The molecule has 22 heavy (non-hydrogen) atoms. The van der Waals surface area contributed by atoms with Crippen LogP contribution in [0.4, 0.5) is 0 Å². The first-order valence-electron chi connectivity index (χ1n) is 7.06. The van der Waals surface area contributed by atoms with Crippen molar-refractivity contribution >= 4 is 37.4 Å². The second-order valence-corrected chi connectivity index (χ2v) is 7.10. The summed E-state index contributed by atoms with van der Waals surface area (Å²) in [6.45, 7) is 8.04. The molecule has 1 aromatic carbocycles. The highest BCUT2D eigenvalue weighted by molar-refractivity contribution is 7.80. The number of hydrogen-bond acceptors (Lipinski definition) is 4.